The zero-order valence-electron chi connectivity index (χ0n) is 11.8. The lowest BCUT2D eigenvalue weighted by atomic mass is 10.2. The van der Waals surface area contributed by atoms with Crippen LogP contribution in [0, 0.1) is 0 Å². The van der Waals surface area contributed by atoms with E-state index in [0.29, 0.717) is 0 Å². The van der Waals surface area contributed by atoms with E-state index in [1.165, 1.54) is 18.2 Å². The van der Waals surface area contributed by atoms with E-state index < -0.39 is 36.1 Å². The summed E-state index contributed by atoms with van der Waals surface area (Å²) in [5.41, 5.74) is 3.46. The number of nitrogens with two attached hydrogens (primary N) is 3. The number of aromatic nitrogens is 1. The van der Waals surface area contributed by atoms with Crippen molar-refractivity contribution in [3.8, 4) is 11.5 Å². The number of nitrogens with zero attached hydrogens (tertiary/aromatic N) is 1. The van der Waals surface area contributed by atoms with Crippen molar-refractivity contribution in [1.29, 1.82) is 0 Å². The second-order valence-electron chi connectivity index (χ2n) is 4.87. The topological polar surface area (TPSA) is 189 Å². The minimum absolute atomic E-state index is 0.0152. The van der Waals surface area contributed by atoms with Crippen LogP contribution in [0.25, 0.3) is 22.6 Å². The summed E-state index contributed by atoms with van der Waals surface area (Å²) in [5.74, 6) is -0.211. The van der Waals surface area contributed by atoms with Crippen molar-refractivity contribution < 1.29 is 21.3 Å². The average molecular weight is 370 g/mol. The molecule has 1 heterocycles. The number of rotatable bonds is 2. The summed E-state index contributed by atoms with van der Waals surface area (Å²) in [6, 6.07) is 4.85. The third-order valence-corrected chi connectivity index (χ3v) is 5.14. The largest absolute Gasteiger partial charge is 0.453 e. The summed E-state index contributed by atoms with van der Waals surface area (Å²) in [6.45, 7) is 0. The molecule has 1 aromatic rings. The Morgan fingerprint density at radius 3 is 2.29 bits per heavy atom. The lowest BCUT2D eigenvalue weighted by Crippen LogP contribution is -2.22. The van der Waals surface area contributed by atoms with Gasteiger partial charge in [-0.1, -0.05) is 6.07 Å². The number of para-hydroxylation sites is 1. The highest BCUT2D eigenvalue weighted by Crippen LogP contribution is 2.33. The summed E-state index contributed by atoms with van der Waals surface area (Å²) in [5, 5.41) is 10.2. The Morgan fingerprint density at radius 1 is 1.04 bits per heavy atom. The van der Waals surface area contributed by atoms with Crippen molar-refractivity contribution >= 4 is 36.8 Å². The molecule has 12 heteroatoms. The lowest BCUT2D eigenvalue weighted by molar-refractivity contribution is 0.590. The molecule has 0 bridgehead atoms. The Bertz CT molecular complexity index is 1230. The second kappa shape index (κ2) is 4.98. The molecule has 0 saturated heterocycles. The molecule has 24 heavy (non-hydrogen) atoms. The molecule has 0 atom stereocenters. The van der Waals surface area contributed by atoms with Gasteiger partial charge in [0.25, 0.3) is 0 Å². The Labute approximate surface area is 135 Å². The molecule has 10 nitrogen and oxygen atoms in total. The molecule has 1 aliphatic carbocycles. The molecule has 3 rings (SSSR count). The average Bonchev–Trinajstić information content (AvgIpc) is 2.43. The molecule has 1 aromatic carbocycles. The predicted octanol–water partition coefficient (Wildman–Crippen LogP) is -0.830. The van der Waals surface area contributed by atoms with E-state index in [4.69, 9.17) is 20.4 Å². The van der Waals surface area contributed by atoms with Crippen LogP contribution in [0.5, 0.6) is 0 Å². The van der Waals surface area contributed by atoms with E-state index in [2.05, 4.69) is 4.98 Å². The summed E-state index contributed by atoms with van der Waals surface area (Å²) in [4.78, 5) is 14.7. The molecule has 2 aliphatic rings. The highest BCUT2D eigenvalue weighted by atomic mass is 32.2. The minimum atomic E-state index is -4.43. The van der Waals surface area contributed by atoms with Gasteiger partial charge >= 0.3 is 0 Å². The summed E-state index contributed by atoms with van der Waals surface area (Å²) >= 11 is 0. The van der Waals surface area contributed by atoms with Gasteiger partial charge in [-0.2, -0.15) is 0 Å². The normalized spacial score (nSPS) is 12.8. The molecule has 126 valence electrons. The van der Waals surface area contributed by atoms with Crippen LogP contribution in [0.15, 0.2) is 43.3 Å². The van der Waals surface area contributed by atoms with Gasteiger partial charge in [-0.15, -0.1) is 0 Å². The lowest BCUT2D eigenvalue weighted by Gasteiger charge is -2.12. The highest BCUT2D eigenvalue weighted by molar-refractivity contribution is 7.89. The maximum atomic E-state index is 11.8. The van der Waals surface area contributed by atoms with Gasteiger partial charge in [0.1, 0.15) is 26.7 Å². The number of anilines is 1. The summed E-state index contributed by atoms with van der Waals surface area (Å²) in [6.07, 6.45) is 0. The number of hydrogen-bond donors (Lipinski definition) is 3. The quantitative estimate of drug-likeness (QED) is 0.384. The van der Waals surface area contributed by atoms with E-state index in [1.54, 1.807) is 0 Å². The van der Waals surface area contributed by atoms with Crippen molar-refractivity contribution in [2.45, 2.75) is 9.79 Å². The maximum absolute atomic E-state index is 11.8. The predicted molar refractivity (Wildman–Crippen MR) is 84.1 cm³/mol. The van der Waals surface area contributed by atoms with Crippen LogP contribution >= 0.6 is 0 Å². The first-order chi connectivity index (χ1) is 11.0. The molecule has 0 amide bonds. The van der Waals surface area contributed by atoms with Crippen molar-refractivity contribution in [3.05, 3.63) is 34.5 Å². The van der Waals surface area contributed by atoms with Gasteiger partial charge in [-0.25, -0.2) is 32.1 Å². The van der Waals surface area contributed by atoms with Crippen molar-refractivity contribution in [2.75, 3.05) is 5.73 Å². The van der Waals surface area contributed by atoms with Gasteiger partial charge in [0.15, 0.2) is 11.3 Å². The first kappa shape index (κ1) is 16.3. The molecule has 0 saturated carbocycles. The van der Waals surface area contributed by atoms with E-state index in [1.807, 2.05) is 0 Å². The SMILES string of the molecule is Nc1c(S(N)(=O)=O)c2nc3c(S(N)(=O)=O)cccc3oc-2cc1=O. The minimum Gasteiger partial charge on any atom is -0.453 e. The van der Waals surface area contributed by atoms with Gasteiger partial charge < -0.3 is 10.2 Å². The zero-order valence-corrected chi connectivity index (χ0v) is 13.4. The Balaban J connectivity index is 2.63. The maximum Gasteiger partial charge on any atom is 0.242 e. The van der Waals surface area contributed by atoms with E-state index in [-0.39, 0.29) is 27.4 Å². The van der Waals surface area contributed by atoms with Crippen molar-refractivity contribution in [3.63, 3.8) is 0 Å². The van der Waals surface area contributed by atoms with E-state index in [0.717, 1.165) is 6.07 Å². The Hall–Kier alpha value is -2.54. The first-order valence-corrected chi connectivity index (χ1v) is 9.31. The molecular weight excluding hydrogens is 360 g/mol. The van der Waals surface area contributed by atoms with Crippen LogP contribution in [0.4, 0.5) is 5.69 Å². The molecule has 0 aromatic heterocycles. The molecule has 6 N–H and O–H groups in total. The second-order valence-corrected chi connectivity index (χ2v) is 7.90. The Morgan fingerprint density at radius 2 is 1.71 bits per heavy atom. The van der Waals surface area contributed by atoms with Crippen LogP contribution in [0.3, 0.4) is 0 Å². The first-order valence-electron chi connectivity index (χ1n) is 6.22. The fraction of sp³-hybridized carbons (Fsp3) is 0. The van der Waals surface area contributed by atoms with Crippen molar-refractivity contribution in [1.82, 2.24) is 4.98 Å². The number of sulfonamides is 2. The third-order valence-electron chi connectivity index (χ3n) is 3.22. The number of fused-ring (bicyclic) bond motifs is 2. The molecule has 0 spiro atoms. The van der Waals surface area contributed by atoms with Gasteiger partial charge in [-0.3, -0.25) is 4.79 Å². The van der Waals surface area contributed by atoms with Gasteiger partial charge in [0, 0.05) is 6.07 Å². The zero-order chi connectivity index (χ0) is 17.9. The van der Waals surface area contributed by atoms with Gasteiger partial charge in [0.2, 0.25) is 25.5 Å². The molecule has 0 radical (unpaired) electrons. The molecule has 0 unspecified atom stereocenters. The van der Waals surface area contributed by atoms with Crippen LogP contribution in [-0.4, -0.2) is 21.8 Å². The third kappa shape index (κ3) is 2.50. The summed E-state index contributed by atoms with van der Waals surface area (Å²) in [7, 11) is -8.59. The highest BCUT2D eigenvalue weighted by Gasteiger charge is 2.27. The number of hydrogen-bond acceptors (Lipinski definition) is 8. The number of benzene rings is 2. The number of primary sulfonamides is 2. The standard InChI is InChI=1S/C12H10N4O6S2/c13-9-5(17)4-7-11(12(9)24(15,20)21)16-10-6(22-7)2-1-3-8(10)23(14,18)19/h1-4H,13H2,(H2,14,18,19)(H2,15,20,21). The summed E-state index contributed by atoms with van der Waals surface area (Å²) < 4.78 is 52.3. The van der Waals surface area contributed by atoms with Crippen LogP contribution in [-0.2, 0) is 20.0 Å². The fourth-order valence-electron chi connectivity index (χ4n) is 2.24. The number of nitrogen functional groups attached to an aromatic ring is 1. The van der Waals surface area contributed by atoms with Crippen molar-refractivity contribution in [2.24, 2.45) is 10.3 Å². The molecule has 0 fully saturated rings. The fourth-order valence-corrected chi connectivity index (χ4v) is 3.75. The Kier molecular flexibility index (Phi) is 3.38. The monoisotopic (exact) mass is 370 g/mol. The van der Waals surface area contributed by atoms with Crippen LogP contribution in [0.1, 0.15) is 0 Å². The van der Waals surface area contributed by atoms with Gasteiger partial charge in [0.05, 0.1) is 0 Å². The smallest absolute Gasteiger partial charge is 0.242 e. The van der Waals surface area contributed by atoms with E-state index in [9.17, 15) is 21.6 Å². The van der Waals surface area contributed by atoms with Gasteiger partial charge in [-0.05, 0) is 12.1 Å². The molecule has 1 aliphatic heterocycles. The van der Waals surface area contributed by atoms with E-state index >= 15 is 0 Å². The molecular formula is C12H10N4O6S2. The van der Waals surface area contributed by atoms with Crippen LogP contribution < -0.4 is 21.4 Å². The van der Waals surface area contributed by atoms with Crippen LogP contribution in [0.2, 0.25) is 0 Å².